The number of ether oxygens (including phenoxy) is 2. The van der Waals surface area contributed by atoms with Crippen molar-refractivity contribution < 1.29 is 22.3 Å². The lowest BCUT2D eigenvalue weighted by molar-refractivity contribution is 0.294. The molecule has 0 spiro atoms. The number of benzene rings is 2. The molecule has 2 N–H and O–H groups in total. The predicted molar refractivity (Wildman–Crippen MR) is 104 cm³/mol. The summed E-state index contributed by atoms with van der Waals surface area (Å²) in [6.07, 6.45) is 2.21. The summed E-state index contributed by atoms with van der Waals surface area (Å²) in [7, 11) is -2.41. The first kappa shape index (κ1) is 19.5. The Hall–Kier alpha value is -3.27. The molecule has 0 saturated heterocycles. The van der Waals surface area contributed by atoms with E-state index in [9.17, 15) is 13.2 Å². The van der Waals surface area contributed by atoms with Crippen molar-refractivity contribution in [3.8, 4) is 11.5 Å². The second-order valence-corrected chi connectivity index (χ2v) is 7.45. The molecule has 0 aliphatic rings. The molecule has 3 aromatic rings. The topological polar surface area (TPSA) is 123 Å². The van der Waals surface area contributed by atoms with Crippen molar-refractivity contribution in [2.45, 2.75) is 18.2 Å². The Bertz CT molecular complexity index is 1160. The van der Waals surface area contributed by atoms with Gasteiger partial charge in [-0.1, -0.05) is 6.92 Å². The molecule has 0 atom stereocenters. The van der Waals surface area contributed by atoms with Gasteiger partial charge in [-0.2, -0.15) is 13.5 Å². The van der Waals surface area contributed by atoms with E-state index in [1.165, 1.54) is 31.5 Å². The lowest BCUT2D eigenvalue weighted by Gasteiger charge is -2.10. The van der Waals surface area contributed by atoms with E-state index in [2.05, 4.69) is 14.9 Å². The fourth-order valence-electron chi connectivity index (χ4n) is 2.41. The standard InChI is InChI=1S/C18H19N3O6S/c1-3-8-26-15-7-4-12(9-17(15)25-2)11-19-21-28(23,24)13-5-6-14-16(10-13)27-18(22)20-14/h4-7,9-11,21H,3,8H2,1-2H3,(H,20,22)/b19-11+. The SMILES string of the molecule is CCCOc1ccc(/C=N/NS(=O)(=O)c2ccc3[nH]c(=O)oc3c2)cc1OC. The minimum absolute atomic E-state index is 0.0826. The monoisotopic (exact) mass is 405 g/mol. The number of H-pyrrole nitrogens is 1. The number of hydrazone groups is 1. The fourth-order valence-corrected chi connectivity index (χ4v) is 3.22. The Kier molecular flexibility index (Phi) is 5.69. The molecule has 1 aromatic heterocycles. The summed E-state index contributed by atoms with van der Waals surface area (Å²) in [6, 6.07) is 9.17. The number of sulfonamides is 1. The van der Waals surface area contributed by atoms with Crippen LogP contribution in [0.2, 0.25) is 0 Å². The highest BCUT2D eigenvalue weighted by molar-refractivity contribution is 7.89. The largest absolute Gasteiger partial charge is 0.493 e. The van der Waals surface area contributed by atoms with Crippen molar-refractivity contribution in [3.05, 3.63) is 52.5 Å². The van der Waals surface area contributed by atoms with Gasteiger partial charge in [0.05, 0.1) is 30.3 Å². The number of rotatable bonds is 8. The van der Waals surface area contributed by atoms with Crippen LogP contribution >= 0.6 is 0 Å². The van der Waals surface area contributed by atoms with Crippen molar-refractivity contribution in [2.24, 2.45) is 5.10 Å². The highest BCUT2D eigenvalue weighted by Crippen LogP contribution is 2.27. The van der Waals surface area contributed by atoms with E-state index < -0.39 is 15.8 Å². The number of nitrogens with one attached hydrogen (secondary N) is 2. The van der Waals surface area contributed by atoms with Crippen LogP contribution in [-0.2, 0) is 10.0 Å². The van der Waals surface area contributed by atoms with Crippen LogP contribution in [0.3, 0.4) is 0 Å². The number of oxazole rings is 1. The van der Waals surface area contributed by atoms with Crippen molar-refractivity contribution in [1.29, 1.82) is 0 Å². The summed E-state index contributed by atoms with van der Waals surface area (Å²) < 4.78 is 40.5. The first-order chi connectivity index (χ1) is 13.4. The highest BCUT2D eigenvalue weighted by Gasteiger charge is 2.15. The summed E-state index contributed by atoms with van der Waals surface area (Å²) in [6.45, 7) is 2.57. The van der Waals surface area contributed by atoms with E-state index >= 15 is 0 Å². The molecule has 2 aromatic carbocycles. The second kappa shape index (κ2) is 8.17. The van der Waals surface area contributed by atoms with Gasteiger partial charge in [-0.3, -0.25) is 4.98 Å². The van der Waals surface area contributed by atoms with E-state index in [0.717, 1.165) is 6.42 Å². The molecule has 0 saturated carbocycles. The van der Waals surface area contributed by atoms with Crippen LogP contribution in [0.1, 0.15) is 18.9 Å². The van der Waals surface area contributed by atoms with Crippen LogP contribution < -0.4 is 20.1 Å². The quantitative estimate of drug-likeness (QED) is 0.438. The molecule has 0 aliphatic heterocycles. The average molecular weight is 405 g/mol. The molecule has 0 aliphatic carbocycles. The third-order valence-electron chi connectivity index (χ3n) is 3.74. The van der Waals surface area contributed by atoms with Crippen molar-refractivity contribution >= 4 is 27.3 Å². The van der Waals surface area contributed by atoms with E-state index in [1.807, 2.05) is 6.92 Å². The molecule has 0 bridgehead atoms. The summed E-state index contributed by atoms with van der Waals surface area (Å²) >= 11 is 0. The van der Waals surface area contributed by atoms with Gasteiger partial charge in [-0.05, 0) is 42.3 Å². The van der Waals surface area contributed by atoms with Gasteiger partial charge in [0.25, 0.3) is 10.0 Å². The molecule has 28 heavy (non-hydrogen) atoms. The maximum absolute atomic E-state index is 12.4. The Morgan fingerprint density at radius 1 is 1.21 bits per heavy atom. The Balaban J connectivity index is 1.75. The van der Waals surface area contributed by atoms with Gasteiger partial charge >= 0.3 is 5.76 Å². The molecule has 9 nitrogen and oxygen atoms in total. The van der Waals surface area contributed by atoms with Gasteiger partial charge in [-0.25, -0.2) is 9.63 Å². The van der Waals surface area contributed by atoms with Gasteiger partial charge in [0.15, 0.2) is 17.1 Å². The third-order valence-corrected chi connectivity index (χ3v) is 4.96. The number of aromatic nitrogens is 1. The molecular weight excluding hydrogens is 386 g/mol. The van der Waals surface area contributed by atoms with Crippen LogP contribution in [0.25, 0.3) is 11.1 Å². The van der Waals surface area contributed by atoms with Crippen LogP contribution in [0.15, 0.2) is 55.6 Å². The van der Waals surface area contributed by atoms with Crippen LogP contribution in [0.5, 0.6) is 11.5 Å². The van der Waals surface area contributed by atoms with Crippen LogP contribution in [-0.4, -0.2) is 33.3 Å². The van der Waals surface area contributed by atoms with Gasteiger partial charge in [-0.15, -0.1) is 0 Å². The Morgan fingerprint density at radius 2 is 2.04 bits per heavy atom. The minimum atomic E-state index is -3.93. The van der Waals surface area contributed by atoms with Gasteiger partial charge in [0.1, 0.15) is 0 Å². The molecule has 10 heteroatoms. The summed E-state index contributed by atoms with van der Waals surface area (Å²) in [5.41, 5.74) is 1.17. The smallest absolute Gasteiger partial charge is 0.417 e. The Morgan fingerprint density at radius 3 is 2.79 bits per heavy atom. The Labute approximate surface area is 161 Å². The number of hydrogen-bond acceptors (Lipinski definition) is 7. The van der Waals surface area contributed by atoms with Gasteiger partial charge < -0.3 is 13.9 Å². The average Bonchev–Trinajstić information content (AvgIpc) is 3.05. The molecule has 0 unspecified atom stereocenters. The normalized spacial score (nSPS) is 11.8. The third kappa shape index (κ3) is 4.34. The van der Waals surface area contributed by atoms with Crippen LogP contribution in [0, 0.1) is 0 Å². The van der Waals surface area contributed by atoms with Crippen LogP contribution in [0.4, 0.5) is 0 Å². The predicted octanol–water partition coefficient (Wildman–Crippen LogP) is 2.23. The molecule has 148 valence electrons. The number of methoxy groups -OCH3 is 1. The first-order valence-electron chi connectivity index (χ1n) is 8.41. The first-order valence-corrected chi connectivity index (χ1v) is 9.90. The van der Waals surface area contributed by atoms with E-state index in [4.69, 9.17) is 13.9 Å². The zero-order chi connectivity index (χ0) is 20.1. The van der Waals surface area contributed by atoms with E-state index in [0.29, 0.717) is 29.2 Å². The van der Waals surface area contributed by atoms with E-state index in [1.54, 1.807) is 18.2 Å². The number of aromatic amines is 1. The van der Waals surface area contributed by atoms with Gasteiger partial charge in [0, 0.05) is 6.07 Å². The molecule has 0 fully saturated rings. The number of fused-ring (bicyclic) bond motifs is 1. The highest BCUT2D eigenvalue weighted by atomic mass is 32.2. The summed E-state index contributed by atoms with van der Waals surface area (Å²) in [5.74, 6) is 0.465. The molecule has 3 rings (SSSR count). The molecular formula is C18H19N3O6S. The maximum atomic E-state index is 12.4. The molecule has 1 heterocycles. The minimum Gasteiger partial charge on any atom is -0.493 e. The second-order valence-electron chi connectivity index (χ2n) is 5.78. The lowest BCUT2D eigenvalue weighted by Crippen LogP contribution is -2.18. The molecule has 0 amide bonds. The zero-order valence-electron chi connectivity index (χ0n) is 15.3. The fraction of sp³-hybridized carbons (Fsp3) is 0.222. The zero-order valence-corrected chi connectivity index (χ0v) is 16.1. The lowest BCUT2D eigenvalue weighted by atomic mass is 10.2. The van der Waals surface area contributed by atoms with Gasteiger partial charge in [0.2, 0.25) is 0 Å². The van der Waals surface area contributed by atoms with Crippen molar-refractivity contribution in [1.82, 2.24) is 9.82 Å². The summed E-state index contributed by atoms with van der Waals surface area (Å²) in [5, 5.41) is 3.78. The summed E-state index contributed by atoms with van der Waals surface area (Å²) in [4.78, 5) is 15.7. The maximum Gasteiger partial charge on any atom is 0.417 e. The van der Waals surface area contributed by atoms with Crippen molar-refractivity contribution in [2.75, 3.05) is 13.7 Å². The molecule has 0 radical (unpaired) electrons. The van der Waals surface area contributed by atoms with E-state index in [-0.39, 0.29) is 10.5 Å². The number of nitrogens with zero attached hydrogens (tertiary/aromatic N) is 1. The van der Waals surface area contributed by atoms with Crippen molar-refractivity contribution in [3.63, 3.8) is 0 Å². The number of hydrogen-bond donors (Lipinski definition) is 2.